The van der Waals surface area contributed by atoms with Crippen molar-refractivity contribution in [2.75, 3.05) is 60.3 Å². The minimum atomic E-state index is -0.920. The van der Waals surface area contributed by atoms with E-state index in [9.17, 15) is 29.8 Å². The van der Waals surface area contributed by atoms with Gasteiger partial charge in [-0.1, -0.05) is 54.6 Å². The van der Waals surface area contributed by atoms with Crippen molar-refractivity contribution >= 4 is 22.6 Å². The molecule has 17 nitrogen and oxygen atoms in total. The standard InChI is InChI=1S/C43H51N3O14/c1-53-38-13-6-4-11-34(38)29-55-20-9-21-56-36-18-16-32(17-19-36)43-35(30-58-42(48)15-8-23-60-46(51)52)26-44(41(47)14-7-22-59-45(49)50)27-40(43)57-28-31-24-33-10-3-5-12-37(33)39(25-31)54-2/h3-6,10-13,16-19,24-25,35,40,43H,7-9,14-15,20-23,26-30H2,1-2H3. The molecule has 0 N–H and O–H groups in total. The Morgan fingerprint density at radius 1 is 0.750 bits per heavy atom. The van der Waals surface area contributed by atoms with E-state index in [4.69, 9.17) is 28.4 Å². The molecule has 1 aliphatic heterocycles. The van der Waals surface area contributed by atoms with Crippen molar-refractivity contribution in [1.29, 1.82) is 0 Å². The number of likely N-dealkylation sites (tertiary alicyclic amines) is 1. The summed E-state index contributed by atoms with van der Waals surface area (Å²) in [5.74, 6) is 0.468. The smallest absolute Gasteiger partial charge is 0.305 e. The maximum Gasteiger partial charge on any atom is 0.305 e. The van der Waals surface area contributed by atoms with E-state index in [1.165, 1.54) is 0 Å². The fraction of sp³-hybridized carbons (Fsp3) is 0.442. The zero-order chi connectivity index (χ0) is 42.7. The summed E-state index contributed by atoms with van der Waals surface area (Å²) in [6.45, 7) is 1.33. The fourth-order valence-corrected chi connectivity index (χ4v) is 7.19. The van der Waals surface area contributed by atoms with Gasteiger partial charge in [-0.3, -0.25) is 9.59 Å². The number of carbonyl (C=O) groups is 2. The lowest BCUT2D eigenvalue weighted by molar-refractivity contribution is -0.757. The lowest BCUT2D eigenvalue weighted by Gasteiger charge is -2.44. The number of piperidine rings is 1. The number of para-hydroxylation sites is 1. The molecule has 60 heavy (non-hydrogen) atoms. The number of benzene rings is 4. The molecule has 1 heterocycles. The van der Waals surface area contributed by atoms with Crippen molar-refractivity contribution < 1.29 is 57.9 Å². The van der Waals surface area contributed by atoms with Crippen LogP contribution in [-0.2, 0) is 46.7 Å². The highest BCUT2D eigenvalue weighted by atomic mass is 17.0. The minimum Gasteiger partial charge on any atom is -0.496 e. The second kappa shape index (κ2) is 23.4. The molecular formula is C43H51N3O14. The maximum atomic E-state index is 13.6. The van der Waals surface area contributed by atoms with Crippen LogP contribution in [0.2, 0.25) is 0 Å². The Bertz CT molecular complexity index is 2010. The van der Waals surface area contributed by atoms with E-state index in [2.05, 4.69) is 9.68 Å². The lowest BCUT2D eigenvalue weighted by atomic mass is 9.78. The zero-order valence-electron chi connectivity index (χ0n) is 33.8. The molecule has 3 unspecified atom stereocenters. The average molecular weight is 834 g/mol. The van der Waals surface area contributed by atoms with Gasteiger partial charge in [0.2, 0.25) is 5.91 Å². The molecule has 1 amide bonds. The highest BCUT2D eigenvalue weighted by molar-refractivity contribution is 5.89. The Balaban J connectivity index is 1.32. The summed E-state index contributed by atoms with van der Waals surface area (Å²) < 4.78 is 35.4. The third-order valence-electron chi connectivity index (χ3n) is 10.0. The van der Waals surface area contributed by atoms with Crippen LogP contribution in [0, 0.1) is 26.1 Å². The first-order chi connectivity index (χ1) is 29.1. The first kappa shape index (κ1) is 44.9. The molecule has 0 saturated carbocycles. The number of rotatable bonds is 25. The summed E-state index contributed by atoms with van der Waals surface area (Å²) >= 11 is 0. The Morgan fingerprint density at radius 2 is 1.45 bits per heavy atom. The maximum absolute atomic E-state index is 13.6. The molecule has 1 fully saturated rings. The predicted molar refractivity (Wildman–Crippen MR) is 216 cm³/mol. The lowest BCUT2D eigenvalue weighted by Crippen LogP contribution is -2.52. The second-order valence-corrected chi connectivity index (χ2v) is 14.1. The van der Waals surface area contributed by atoms with Gasteiger partial charge in [-0.2, -0.15) is 0 Å². The van der Waals surface area contributed by atoms with Crippen molar-refractivity contribution in [2.45, 2.75) is 57.3 Å². The van der Waals surface area contributed by atoms with E-state index in [1.807, 2.05) is 84.9 Å². The quantitative estimate of drug-likeness (QED) is 0.0304. The number of amides is 1. The molecule has 4 aromatic rings. The molecule has 1 aliphatic rings. The predicted octanol–water partition coefficient (Wildman–Crippen LogP) is 6.49. The molecule has 4 aromatic carbocycles. The molecule has 17 heteroatoms. The van der Waals surface area contributed by atoms with Gasteiger partial charge < -0.3 is 43.0 Å². The summed E-state index contributed by atoms with van der Waals surface area (Å²) in [6, 6.07) is 27.1. The van der Waals surface area contributed by atoms with Crippen LogP contribution >= 0.6 is 0 Å². The van der Waals surface area contributed by atoms with E-state index in [0.717, 1.165) is 33.2 Å². The average Bonchev–Trinajstić information content (AvgIpc) is 3.26. The molecule has 5 rings (SSSR count). The van der Waals surface area contributed by atoms with Crippen LogP contribution in [0.1, 0.15) is 54.7 Å². The number of esters is 1. The van der Waals surface area contributed by atoms with Gasteiger partial charge in [0.05, 0.1) is 66.6 Å². The normalized spacial score (nSPS) is 16.2. The van der Waals surface area contributed by atoms with Crippen LogP contribution in [0.25, 0.3) is 10.8 Å². The SMILES string of the molecule is COc1ccccc1COCCCOc1ccc(C2C(COC(=O)CCCO[N+](=O)[O-])CN(C(=O)CCCO[N+](=O)[O-])CC2OCc2cc(OC)c3ccccc3c2)cc1. The van der Waals surface area contributed by atoms with E-state index in [0.29, 0.717) is 37.7 Å². The van der Waals surface area contributed by atoms with E-state index >= 15 is 0 Å². The van der Waals surface area contributed by atoms with Crippen LogP contribution in [0.3, 0.4) is 0 Å². The van der Waals surface area contributed by atoms with Gasteiger partial charge in [0.15, 0.2) is 0 Å². The van der Waals surface area contributed by atoms with E-state index < -0.39 is 28.2 Å². The van der Waals surface area contributed by atoms with Gasteiger partial charge in [0.1, 0.15) is 17.2 Å². The number of ether oxygens (including phenoxy) is 6. The summed E-state index contributed by atoms with van der Waals surface area (Å²) in [7, 11) is 3.23. The van der Waals surface area contributed by atoms with Crippen LogP contribution < -0.4 is 14.2 Å². The monoisotopic (exact) mass is 833 g/mol. The number of nitrogens with zero attached hydrogens (tertiary/aromatic N) is 3. The van der Waals surface area contributed by atoms with E-state index in [1.54, 1.807) is 19.1 Å². The molecule has 322 valence electrons. The Kier molecular flexibility index (Phi) is 17.5. The summed E-state index contributed by atoms with van der Waals surface area (Å²) in [4.78, 5) is 58.0. The molecule has 3 atom stereocenters. The Labute approximate surface area is 347 Å². The number of carbonyl (C=O) groups excluding carboxylic acids is 2. The third kappa shape index (κ3) is 13.7. The van der Waals surface area contributed by atoms with Gasteiger partial charge in [0.25, 0.3) is 10.2 Å². The molecular weight excluding hydrogens is 782 g/mol. The van der Waals surface area contributed by atoms with Crippen molar-refractivity contribution in [2.24, 2.45) is 5.92 Å². The highest BCUT2D eigenvalue weighted by Gasteiger charge is 2.41. The van der Waals surface area contributed by atoms with Gasteiger partial charge in [-0.05, 0) is 59.7 Å². The topological polar surface area (TPSA) is 197 Å². The summed E-state index contributed by atoms with van der Waals surface area (Å²) in [5.41, 5.74) is 2.68. The molecule has 0 spiro atoms. The first-order valence-corrected chi connectivity index (χ1v) is 19.7. The van der Waals surface area contributed by atoms with Gasteiger partial charge >= 0.3 is 5.97 Å². The Morgan fingerprint density at radius 3 is 2.18 bits per heavy atom. The largest absolute Gasteiger partial charge is 0.496 e. The first-order valence-electron chi connectivity index (χ1n) is 19.7. The van der Waals surface area contributed by atoms with Gasteiger partial charge in [0, 0.05) is 55.1 Å². The number of methoxy groups -OCH3 is 2. The number of hydrogen-bond donors (Lipinski definition) is 0. The van der Waals surface area contributed by atoms with Crippen molar-refractivity contribution in [3.8, 4) is 17.2 Å². The minimum absolute atomic E-state index is 0.00637. The number of hydrogen-bond acceptors (Lipinski definition) is 14. The third-order valence-corrected chi connectivity index (χ3v) is 10.0. The summed E-state index contributed by atoms with van der Waals surface area (Å²) in [5, 5.41) is 21.3. The Hall–Kier alpha value is -6.20. The second-order valence-electron chi connectivity index (χ2n) is 14.1. The molecule has 0 bridgehead atoms. The molecule has 0 aromatic heterocycles. The van der Waals surface area contributed by atoms with Crippen LogP contribution in [0.5, 0.6) is 17.2 Å². The van der Waals surface area contributed by atoms with E-state index in [-0.39, 0.29) is 77.0 Å². The van der Waals surface area contributed by atoms with Crippen LogP contribution in [0.15, 0.2) is 84.9 Å². The van der Waals surface area contributed by atoms with Crippen molar-refractivity contribution in [1.82, 2.24) is 4.90 Å². The van der Waals surface area contributed by atoms with Crippen molar-refractivity contribution in [3.63, 3.8) is 0 Å². The van der Waals surface area contributed by atoms with Crippen molar-refractivity contribution in [3.05, 3.63) is 122 Å². The zero-order valence-corrected chi connectivity index (χ0v) is 33.8. The summed E-state index contributed by atoms with van der Waals surface area (Å²) in [6.07, 6.45) is 0.172. The fourth-order valence-electron chi connectivity index (χ4n) is 7.19. The van der Waals surface area contributed by atoms with Gasteiger partial charge in [-0.25, -0.2) is 0 Å². The highest BCUT2D eigenvalue weighted by Crippen LogP contribution is 2.38. The molecule has 0 aliphatic carbocycles. The number of fused-ring (bicyclic) bond motifs is 1. The van der Waals surface area contributed by atoms with Crippen LogP contribution in [-0.4, -0.2) is 93.4 Å². The molecule has 0 radical (unpaired) electrons. The molecule has 1 saturated heterocycles. The van der Waals surface area contributed by atoms with Gasteiger partial charge in [-0.15, -0.1) is 20.2 Å². The van der Waals surface area contributed by atoms with Crippen LogP contribution in [0.4, 0.5) is 0 Å².